The van der Waals surface area contributed by atoms with E-state index in [0.717, 1.165) is 23.5 Å². The summed E-state index contributed by atoms with van der Waals surface area (Å²) >= 11 is 0. The van der Waals surface area contributed by atoms with Crippen LogP contribution in [0.15, 0.2) is 42.6 Å². The maximum Gasteiger partial charge on any atom is 0.130 e. The monoisotopic (exact) mass is 259 g/mol. The normalized spacial score (nSPS) is 10.7. The highest BCUT2D eigenvalue weighted by Crippen LogP contribution is 2.14. The second-order valence-corrected chi connectivity index (χ2v) is 4.56. The minimum absolute atomic E-state index is 0.191. The van der Waals surface area contributed by atoms with Crippen LogP contribution in [0.3, 0.4) is 0 Å². The molecule has 4 heteroatoms. The van der Waals surface area contributed by atoms with Crippen LogP contribution in [0.4, 0.5) is 10.2 Å². The molecular weight excluding hydrogens is 241 g/mol. The van der Waals surface area contributed by atoms with Crippen LogP contribution in [0.25, 0.3) is 0 Å². The summed E-state index contributed by atoms with van der Waals surface area (Å²) in [6, 6.07) is 10.7. The Hall–Kier alpha value is -1.94. The number of anilines is 1. The molecule has 0 amide bonds. The molecule has 1 aromatic heterocycles. The summed E-state index contributed by atoms with van der Waals surface area (Å²) in [5, 5.41) is 3.08. The molecule has 0 saturated carbocycles. The molecule has 2 aromatic rings. The molecule has 0 radical (unpaired) electrons. The molecule has 19 heavy (non-hydrogen) atoms. The van der Waals surface area contributed by atoms with Gasteiger partial charge in [-0.3, -0.25) is 4.90 Å². The summed E-state index contributed by atoms with van der Waals surface area (Å²) in [4.78, 5) is 6.41. The smallest absolute Gasteiger partial charge is 0.130 e. The fourth-order valence-electron chi connectivity index (χ4n) is 2.08. The third-order valence-corrected chi connectivity index (χ3v) is 2.91. The van der Waals surface area contributed by atoms with Crippen molar-refractivity contribution in [2.24, 2.45) is 0 Å². The topological polar surface area (TPSA) is 28.2 Å². The van der Waals surface area contributed by atoms with Crippen molar-refractivity contribution >= 4 is 5.82 Å². The Morgan fingerprint density at radius 1 is 1.21 bits per heavy atom. The number of nitrogens with one attached hydrogen (secondary N) is 1. The maximum atomic E-state index is 13.1. The van der Waals surface area contributed by atoms with Crippen LogP contribution in [0.2, 0.25) is 0 Å². The van der Waals surface area contributed by atoms with Gasteiger partial charge in [-0.25, -0.2) is 9.37 Å². The van der Waals surface area contributed by atoms with E-state index in [1.807, 2.05) is 32.3 Å². The molecule has 1 aromatic carbocycles. The highest BCUT2D eigenvalue weighted by molar-refractivity contribution is 5.42. The molecule has 0 unspecified atom stereocenters. The minimum atomic E-state index is -0.191. The van der Waals surface area contributed by atoms with Gasteiger partial charge in [0.25, 0.3) is 0 Å². The number of rotatable bonds is 5. The number of halogens is 1. The molecule has 0 aliphatic heterocycles. The van der Waals surface area contributed by atoms with Gasteiger partial charge in [-0.15, -0.1) is 0 Å². The Morgan fingerprint density at radius 3 is 2.79 bits per heavy atom. The highest BCUT2D eigenvalue weighted by Gasteiger charge is 2.06. The van der Waals surface area contributed by atoms with E-state index in [1.54, 1.807) is 18.3 Å². The van der Waals surface area contributed by atoms with Crippen molar-refractivity contribution < 1.29 is 4.39 Å². The number of pyridine rings is 1. The molecule has 100 valence electrons. The summed E-state index contributed by atoms with van der Waals surface area (Å²) in [6.45, 7) is 1.47. The zero-order valence-corrected chi connectivity index (χ0v) is 11.2. The van der Waals surface area contributed by atoms with Gasteiger partial charge < -0.3 is 5.32 Å². The van der Waals surface area contributed by atoms with Crippen LogP contribution in [0.1, 0.15) is 11.1 Å². The predicted octanol–water partition coefficient (Wildman–Crippen LogP) is 2.89. The average molecular weight is 259 g/mol. The Labute approximate surface area is 113 Å². The number of aromatic nitrogens is 1. The van der Waals surface area contributed by atoms with E-state index >= 15 is 0 Å². The van der Waals surface area contributed by atoms with Gasteiger partial charge in [-0.2, -0.15) is 0 Å². The van der Waals surface area contributed by atoms with E-state index in [4.69, 9.17) is 0 Å². The second-order valence-electron chi connectivity index (χ2n) is 4.56. The van der Waals surface area contributed by atoms with Crippen molar-refractivity contribution in [2.45, 2.75) is 13.1 Å². The van der Waals surface area contributed by atoms with Gasteiger partial charge in [-0.1, -0.05) is 18.2 Å². The molecule has 0 fully saturated rings. The molecule has 1 heterocycles. The lowest BCUT2D eigenvalue weighted by Crippen LogP contribution is -2.18. The zero-order chi connectivity index (χ0) is 13.7. The zero-order valence-electron chi connectivity index (χ0n) is 11.2. The van der Waals surface area contributed by atoms with E-state index in [9.17, 15) is 4.39 Å². The Morgan fingerprint density at radius 2 is 2.05 bits per heavy atom. The van der Waals surface area contributed by atoms with E-state index in [-0.39, 0.29) is 5.82 Å². The summed E-state index contributed by atoms with van der Waals surface area (Å²) < 4.78 is 13.1. The van der Waals surface area contributed by atoms with Crippen molar-refractivity contribution in [1.29, 1.82) is 0 Å². The first-order valence-corrected chi connectivity index (χ1v) is 6.23. The maximum absolute atomic E-state index is 13.1. The first-order chi connectivity index (χ1) is 9.19. The number of benzene rings is 1. The first kappa shape index (κ1) is 13.5. The fraction of sp³-hybridized carbons (Fsp3) is 0.267. The summed E-state index contributed by atoms with van der Waals surface area (Å²) in [6.07, 6.45) is 1.77. The lowest BCUT2D eigenvalue weighted by Gasteiger charge is -2.18. The van der Waals surface area contributed by atoms with Crippen LogP contribution in [0.5, 0.6) is 0 Å². The molecule has 0 bridgehead atoms. The largest absolute Gasteiger partial charge is 0.373 e. The molecule has 0 aliphatic rings. The molecule has 0 saturated heterocycles. The van der Waals surface area contributed by atoms with Crippen molar-refractivity contribution in [2.75, 3.05) is 19.4 Å². The lowest BCUT2D eigenvalue weighted by molar-refractivity contribution is 0.318. The quantitative estimate of drug-likeness (QED) is 0.895. The summed E-state index contributed by atoms with van der Waals surface area (Å²) in [5.74, 6) is 0.691. The third kappa shape index (κ3) is 3.76. The van der Waals surface area contributed by atoms with E-state index in [0.29, 0.717) is 6.54 Å². The van der Waals surface area contributed by atoms with Gasteiger partial charge >= 0.3 is 0 Å². The lowest BCUT2D eigenvalue weighted by atomic mass is 10.2. The SMILES string of the molecule is CNc1ncccc1CN(C)Cc1cccc(F)c1. The highest BCUT2D eigenvalue weighted by atomic mass is 19.1. The van der Waals surface area contributed by atoms with E-state index in [1.165, 1.54) is 6.07 Å². The summed E-state index contributed by atoms with van der Waals surface area (Å²) in [5.41, 5.74) is 2.10. The minimum Gasteiger partial charge on any atom is -0.373 e. The molecule has 1 N–H and O–H groups in total. The van der Waals surface area contributed by atoms with Gasteiger partial charge in [0.05, 0.1) is 0 Å². The second kappa shape index (κ2) is 6.29. The van der Waals surface area contributed by atoms with Crippen molar-refractivity contribution in [3.63, 3.8) is 0 Å². The average Bonchev–Trinajstić information content (AvgIpc) is 2.39. The van der Waals surface area contributed by atoms with Gasteiger partial charge in [0.1, 0.15) is 11.6 Å². The molecule has 2 rings (SSSR count). The molecule has 3 nitrogen and oxygen atoms in total. The number of hydrogen-bond acceptors (Lipinski definition) is 3. The fourth-order valence-corrected chi connectivity index (χ4v) is 2.08. The Kier molecular flexibility index (Phi) is 4.47. The van der Waals surface area contributed by atoms with Crippen molar-refractivity contribution in [1.82, 2.24) is 9.88 Å². The first-order valence-electron chi connectivity index (χ1n) is 6.23. The Bertz CT molecular complexity index is 542. The Balaban J connectivity index is 2.03. The van der Waals surface area contributed by atoms with Gasteiger partial charge in [0, 0.05) is 31.9 Å². The van der Waals surface area contributed by atoms with Crippen LogP contribution >= 0.6 is 0 Å². The van der Waals surface area contributed by atoms with Crippen LogP contribution < -0.4 is 5.32 Å². The van der Waals surface area contributed by atoms with Gasteiger partial charge in [0.2, 0.25) is 0 Å². The van der Waals surface area contributed by atoms with Crippen LogP contribution in [-0.2, 0) is 13.1 Å². The van der Waals surface area contributed by atoms with Crippen molar-refractivity contribution in [3.8, 4) is 0 Å². The van der Waals surface area contributed by atoms with Crippen LogP contribution in [-0.4, -0.2) is 24.0 Å². The molecule has 0 atom stereocenters. The number of hydrogen-bond donors (Lipinski definition) is 1. The molecule has 0 aliphatic carbocycles. The van der Waals surface area contributed by atoms with Crippen molar-refractivity contribution in [3.05, 3.63) is 59.5 Å². The van der Waals surface area contributed by atoms with Crippen LogP contribution in [0, 0.1) is 5.82 Å². The van der Waals surface area contributed by atoms with E-state index in [2.05, 4.69) is 15.2 Å². The molecular formula is C15H18FN3. The predicted molar refractivity (Wildman–Crippen MR) is 75.4 cm³/mol. The van der Waals surface area contributed by atoms with Gasteiger partial charge in [-0.05, 0) is 30.8 Å². The van der Waals surface area contributed by atoms with Gasteiger partial charge in [0.15, 0.2) is 0 Å². The summed E-state index contributed by atoms with van der Waals surface area (Å²) in [7, 11) is 3.87. The third-order valence-electron chi connectivity index (χ3n) is 2.91. The number of nitrogens with zero attached hydrogens (tertiary/aromatic N) is 2. The van der Waals surface area contributed by atoms with E-state index < -0.39 is 0 Å². The standard InChI is InChI=1S/C15H18FN3/c1-17-15-13(6-4-8-18-15)11-19(2)10-12-5-3-7-14(16)9-12/h3-9H,10-11H2,1-2H3,(H,17,18). The molecule has 0 spiro atoms.